The van der Waals surface area contributed by atoms with Gasteiger partial charge in [-0.25, -0.2) is 4.79 Å². The van der Waals surface area contributed by atoms with E-state index >= 15 is 0 Å². The van der Waals surface area contributed by atoms with E-state index in [1.807, 2.05) is 67.6 Å². The number of hydrogen-bond acceptors (Lipinski definition) is 5. The summed E-state index contributed by atoms with van der Waals surface area (Å²) in [5.41, 5.74) is 4.53. The van der Waals surface area contributed by atoms with Crippen molar-refractivity contribution in [3.63, 3.8) is 0 Å². The van der Waals surface area contributed by atoms with Crippen LogP contribution >= 0.6 is 11.6 Å². The molecule has 0 spiro atoms. The Bertz CT molecular complexity index is 1350. The van der Waals surface area contributed by atoms with Gasteiger partial charge in [-0.3, -0.25) is 0 Å². The zero-order valence-electron chi connectivity index (χ0n) is 17.9. The number of anilines is 1. The first kappa shape index (κ1) is 20.5. The van der Waals surface area contributed by atoms with Gasteiger partial charge < -0.3 is 18.8 Å². The molecular weight excluding hydrogens is 426 g/mol. The Morgan fingerprint density at radius 1 is 1.03 bits per heavy atom. The highest BCUT2D eigenvalue weighted by Gasteiger charge is 2.25. The molecule has 0 saturated heterocycles. The normalized spacial score (nSPS) is 13.0. The van der Waals surface area contributed by atoms with E-state index in [9.17, 15) is 4.79 Å². The molecule has 0 radical (unpaired) electrons. The van der Waals surface area contributed by atoms with Gasteiger partial charge in [0.1, 0.15) is 23.7 Å². The van der Waals surface area contributed by atoms with Crippen molar-refractivity contribution in [3.05, 3.63) is 98.4 Å². The van der Waals surface area contributed by atoms with E-state index in [2.05, 4.69) is 4.90 Å². The van der Waals surface area contributed by atoms with Crippen molar-refractivity contribution < 1.29 is 13.9 Å². The van der Waals surface area contributed by atoms with E-state index in [1.54, 1.807) is 6.92 Å². The van der Waals surface area contributed by atoms with E-state index in [0.717, 1.165) is 33.5 Å². The Balaban J connectivity index is 1.41. The predicted octanol–water partition coefficient (Wildman–Crippen LogP) is 6.00. The molecule has 1 aromatic heterocycles. The first-order valence-corrected chi connectivity index (χ1v) is 10.8. The second-order valence-corrected chi connectivity index (χ2v) is 8.33. The molecule has 1 aliphatic heterocycles. The van der Waals surface area contributed by atoms with Gasteiger partial charge in [0.05, 0.1) is 17.1 Å². The summed E-state index contributed by atoms with van der Waals surface area (Å²) < 4.78 is 17.5. The number of fused-ring (bicyclic) bond motifs is 3. The molecule has 4 aromatic rings. The van der Waals surface area contributed by atoms with Gasteiger partial charge in [0.25, 0.3) is 0 Å². The molecule has 3 aromatic carbocycles. The van der Waals surface area contributed by atoms with E-state index in [0.29, 0.717) is 41.8 Å². The van der Waals surface area contributed by atoms with E-state index in [1.165, 1.54) is 0 Å². The minimum Gasteiger partial charge on any atom is -0.489 e. The van der Waals surface area contributed by atoms with Gasteiger partial charge in [0.15, 0.2) is 6.73 Å². The fourth-order valence-electron chi connectivity index (χ4n) is 3.93. The Hall–Kier alpha value is -3.44. The van der Waals surface area contributed by atoms with Gasteiger partial charge >= 0.3 is 5.63 Å². The van der Waals surface area contributed by atoms with Crippen LogP contribution in [0.15, 0.2) is 69.9 Å². The molecule has 0 saturated carbocycles. The van der Waals surface area contributed by atoms with Crippen molar-refractivity contribution in [1.82, 2.24) is 0 Å². The maximum atomic E-state index is 12.3. The summed E-state index contributed by atoms with van der Waals surface area (Å²) in [6, 6.07) is 19.7. The molecule has 5 rings (SSSR count). The summed E-state index contributed by atoms with van der Waals surface area (Å²) in [4.78, 5) is 14.4. The van der Waals surface area contributed by atoms with Crippen LogP contribution in [0.25, 0.3) is 11.0 Å². The summed E-state index contributed by atoms with van der Waals surface area (Å²) in [6.45, 7) is 5.05. The second-order valence-electron chi connectivity index (χ2n) is 7.92. The fraction of sp³-hybridized carbons (Fsp3) is 0.192. The first-order valence-electron chi connectivity index (χ1n) is 10.4. The average Bonchev–Trinajstić information content (AvgIpc) is 2.83. The van der Waals surface area contributed by atoms with Gasteiger partial charge in [0.2, 0.25) is 0 Å². The molecule has 6 heteroatoms. The third kappa shape index (κ3) is 3.69. The molecule has 0 bridgehead atoms. The van der Waals surface area contributed by atoms with Gasteiger partial charge in [0, 0.05) is 16.6 Å². The number of hydrogen-bond donors (Lipinski definition) is 0. The molecule has 5 nitrogen and oxygen atoms in total. The highest BCUT2D eigenvalue weighted by atomic mass is 35.5. The SMILES string of the molecule is Cc1c(C)c2cc(Cl)c3c(c2oc1=O)CN(c1ccc(OCc2ccccc2)cc1)CO3. The minimum absolute atomic E-state index is 0.337. The summed E-state index contributed by atoms with van der Waals surface area (Å²) >= 11 is 6.51. The van der Waals surface area contributed by atoms with Crippen molar-refractivity contribution >= 4 is 28.3 Å². The van der Waals surface area contributed by atoms with Crippen molar-refractivity contribution in [1.29, 1.82) is 0 Å². The minimum atomic E-state index is -0.337. The molecule has 0 amide bonds. The Morgan fingerprint density at radius 2 is 1.78 bits per heavy atom. The third-order valence-corrected chi connectivity index (χ3v) is 6.19. The van der Waals surface area contributed by atoms with Gasteiger partial charge in [-0.2, -0.15) is 0 Å². The molecule has 32 heavy (non-hydrogen) atoms. The van der Waals surface area contributed by atoms with Crippen molar-refractivity contribution in [2.24, 2.45) is 0 Å². The topological polar surface area (TPSA) is 51.9 Å². The van der Waals surface area contributed by atoms with Gasteiger partial charge in [-0.15, -0.1) is 0 Å². The molecule has 2 heterocycles. The average molecular weight is 448 g/mol. The molecular formula is C26H22ClNO4. The highest BCUT2D eigenvalue weighted by molar-refractivity contribution is 6.33. The number of halogens is 1. The van der Waals surface area contributed by atoms with Crippen molar-refractivity contribution in [2.75, 3.05) is 11.6 Å². The molecule has 1 aliphatic rings. The van der Waals surface area contributed by atoms with Crippen molar-refractivity contribution in [2.45, 2.75) is 27.0 Å². The van der Waals surface area contributed by atoms with Crippen LogP contribution in [-0.2, 0) is 13.2 Å². The smallest absolute Gasteiger partial charge is 0.339 e. The predicted molar refractivity (Wildman–Crippen MR) is 126 cm³/mol. The zero-order valence-corrected chi connectivity index (χ0v) is 18.6. The number of nitrogens with zero attached hydrogens (tertiary/aromatic N) is 1. The maximum Gasteiger partial charge on any atom is 0.339 e. The summed E-state index contributed by atoms with van der Waals surface area (Å²) in [7, 11) is 0. The van der Waals surface area contributed by atoms with Crippen molar-refractivity contribution in [3.8, 4) is 11.5 Å². The quantitative estimate of drug-likeness (QED) is 0.359. The number of aryl methyl sites for hydroxylation is 1. The van der Waals surface area contributed by atoms with Crippen LogP contribution in [0.3, 0.4) is 0 Å². The first-order chi connectivity index (χ1) is 15.5. The largest absolute Gasteiger partial charge is 0.489 e. The molecule has 0 N–H and O–H groups in total. The van der Waals surface area contributed by atoms with Crippen LogP contribution in [-0.4, -0.2) is 6.73 Å². The zero-order chi connectivity index (χ0) is 22.2. The van der Waals surface area contributed by atoms with Crippen LogP contribution in [0, 0.1) is 13.8 Å². The van der Waals surface area contributed by atoms with Gasteiger partial charge in [-0.05, 0) is 55.3 Å². The lowest BCUT2D eigenvalue weighted by atomic mass is 10.0. The molecule has 0 unspecified atom stereocenters. The molecule has 0 aliphatic carbocycles. The standard InChI is InChI=1S/C26H22ClNO4/c1-16-17(2)26(29)32-24-21(16)12-23(27)25-22(24)13-28(15-31-25)19-8-10-20(11-9-19)30-14-18-6-4-3-5-7-18/h3-12H,13-15H2,1-2H3. The molecule has 0 atom stereocenters. The second kappa shape index (κ2) is 8.24. The number of rotatable bonds is 4. The number of benzene rings is 3. The number of ether oxygens (including phenoxy) is 2. The summed E-state index contributed by atoms with van der Waals surface area (Å²) in [5.74, 6) is 1.37. The molecule has 162 valence electrons. The van der Waals surface area contributed by atoms with Crippen LogP contribution in [0.2, 0.25) is 5.02 Å². The van der Waals surface area contributed by atoms with E-state index < -0.39 is 0 Å². The van der Waals surface area contributed by atoms with E-state index in [4.69, 9.17) is 25.5 Å². The lowest BCUT2D eigenvalue weighted by Crippen LogP contribution is -2.32. The van der Waals surface area contributed by atoms with Crippen LogP contribution in [0.1, 0.15) is 22.3 Å². The lowest BCUT2D eigenvalue weighted by molar-refractivity contribution is 0.289. The maximum absolute atomic E-state index is 12.3. The van der Waals surface area contributed by atoms with Crippen LogP contribution in [0.4, 0.5) is 5.69 Å². The fourth-order valence-corrected chi connectivity index (χ4v) is 4.20. The summed E-state index contributed by atoms with van der Waals surface area (Å²) in [5, 5.41) is 1.36. The Kier molecular flexibility index (Phi) is 5.27. The Labute approximate surface area is 190 Å². The van der Waals surface area contributed by atoms with E-state index in [-0.39, 0.29) is 5.63 Å². The van der Waals surface area contributed by atoms with Crippen LogP contribution in [0.5, 0.6) is 11.5 Å². The third-order valence-electron chi connectivity index (χ3n) is 5.91. The summed E-state index contributed by atoms with van der Waals surface area (Å²) in [6.07, 6.45) is 0. The lowest BCUT2D eigenvalue weighted by Gasteiger charge is -2.31. The monoisotopic (exact) mass is 447 g/mol. The van der Waals surface area contributed by atoms with Crippen LogP contribution < -0.4 is 20.0 Å². The van der Waals surface area contributed by atoms with Gasteiger partial charge in [-0.1, -0.05) is 41.9 Å². The molecule has 0 fully saturated rings. The Morgan fingerprint density at radius 3 is 2.53 bits per heavy atom. The highest BCUT2D eigenvalue weighted by Crippen LogP contribution is 2.40.